The molecule has 1 aromatic rings. The highest BCUT2D eigenvalue weighted by Crippen LogP contribution is 2.25. The van der Waals surface area contributed by atoms with E-state index in [-0.39, 0.29) is 11.8 Å². The number of hydrogen-bond acceptors (Lipinski definition) is 2. The van der Waals surface area contributed by atoms with Crippen LogP contribution in [-0.4, -0.2) is 19.5 Å². The lowest BCUT2D eigenvalue weighted by atomic mass is 10.1. The summed E-state index contributed by atoms with van der Waals surface area (Å²) in [6.45, 7) is 2.45. The molecule has 1 atom stereocenters. The van der Waals surface area contributed by atoms with Gasteiger partial charge in [-0.25, -0.2) is 0 Å². The van der Waals surface area contributed by atoms with Gasteiger partial charge in [-0.1, -0.05) is 30.1 Å². The van der Waals surface area contributed by atoms with E-state index in [1.54, 1.807) is 25.2 Å². The maximum absolute atomic E-state index is 11.7. The molecule has 0 aliphatic carbocycles. The second-order valence-electron chi connectivity index (χ2n) is 3.57. The van der Waals surface area contributed by atoms with Gasteiger partial charge in [0.15, 0.2) is 0 Å². The summed E-state index contributed by atoms with van der Waals surface area (Å²) in [5.74, 6) is -0.210. The SMILES string of the molecule is CNCC(C)C(=O)Nc1cc(Cl)ccc1Cl. The highest BCUT2D eigenvalue weighted by atomic mass is 35.5. The van der Waals surface area contributed by atoms with E-state index in [9.17, 15) is 4.79 Å². The number of nitrogens with one attached hydrogen (secondary N) is 2. The van der Waals surface area contributed by atoms with Crippen molar-refractivity contribution in [3.05, 3.63) is 28.2 Å². The summed E-state index contributed by atoms with van der Waals surface area (Å²) in [7, 11) is 1.80. The van der Waals surface area contributed by atoms with Crippen molar-refractivity contribution in [2.24, 2.45) is 5.92 Å². The van der Waals surface area contributed by atoms with E-state index in [0.717, 1.165) is 0 Å². The molecule has 0 fully saturated rings. The molecule has 2 N–H and O–H groups in total. The van der Waals surface area contributed by atoms with Crippen molar-refractivity contribution >= 4 is 34.8 Å². The molecule has 0 heterocycles. The Kier molecular flexibility index (Phi) is 5.06. The molecule has 1 rings (SSSR count). The fourth-order valence-electron chi connectivity index (χ4n) is 1.25. The van der Waals surface area contributed by atoms with E-state index in [0.29, 0.717) is 22.3 Å². The number of carbonyl (C=O) groups is 1. The van der Waals surface area contributed by atoms with Crippen molar-refractivity contribution in [2.75, 3.05) is 18.9 Å². The Morgan fingerprint density at radius 2 is 2.12 bits per heavy atom. The van der Waals surface area contributed by atoms with Crippen LogP contribution in [0.25, 0.3) is 0 Å². The molecule has 0 aromatic heterocycles. The number of halogens is 2. The lowest BCUT2D eigenvalue weighted by molar-refractivity contribution is -0.119. The number of rotatable bonds is 4. The van der Waals surface area contributed by atoms with Crippen LogP contribution in [0.3, 0.4) is 0 Å². The topological polar surface area (TPSA) is 41.1 Å². The zero-order valence-corrected chi connectivity index (χ0v) is 10.7. The van der Waals surface area contributed by atoms with Crippen LogP contribution in [0, 0.1) is 5.92 Å². The smallest absolute Gasteiger partial charge is 0.228 e. The van der Waals surface area contributed by atoms with Gasteiger partial charge in [-0.15, -0.1) is 0 Å². The number of anilines is 1. The molecule has 0 bridgehead atoms. The predicted octanol–water partition coefficient (Wildman–Crippen LogP) is 2.79. The van der Waals surface area contributed by atoms with Crippen LogP contribution < -0.4 is 10.6 Å². The largest absolute Gasteiger partial charge is 0.324 e. The van der Waals surface area contributed by atoms with Gasteiger partial charge in [-0.05, 0) is 25.2 Å². The van der Waals surface area contributed by atoms with Gasteiger partial charge in [-0.3, -0.25) is 4.79 Å². The van der Waals surface area contributed by atoms with Crippen LogP contribution in [0.2, 0.25) is 10.0 Å². The lowest BCUT2D eigenvalue weighted by Crippen LogP contribution is -2.28. The van der Waals surface area contributed by atoms with Crippen molar-refractivity contribution in [1.29, 1.82) is 0 Å². The van der Waals surface area contributed by atoms with Gasteiger partial charge in [0.25, 0.3) is 0 Å². The quantitative estimate of drug-likeness (QED) is 0.875. The van der Waals surface area contributed by atoms with Crippen molar-refractivity contribution in [3.63, 3.8) is 0 Å². The molecule has 1 unspecified atom stereocenters. The summed E-state index contributed by atoms with van der Waals surface area (Å²) in [5.41, 5.74) is 0.544. The molecule has 0 radical (unpaired) electrons. The maximum atomic E-state index is 11.7. The van der Waals surface area contributed by atoms with E-state index in [1.165, 1.54) is 0 Å². The number of hydrogen-bond donors (Lipinski definition) is 2. The van der Waals surface area contributed by atoms with Crippen LogP contribution in [0.1, 0.15) is 6.92 Å². The van der Waals surface area contributed by atoms with E-state index in [4.69, 9.17) is 23.2 Å². The third kappa shape index (κ3) is 3.67. The molecule has 88 valence electrons. The normalized spacial score (nSPS) is 12.2. The third-order valence-corrected chi connectivity index (χ3v) is 2.71. The second kappa shape index (κ2) is 6.09. The van der Waals surface area contributed by atoms with Crippen molar-refractivity contribution in [1.82, 2.24) is 5.32 Å². The molecule has 0 saturated heterocycles. The average Bonchev–Trinajstić information content (AvgIpc) is 2.23. The fourth-order valence-corrected chi connectivity index (χ4v) is 1.58. The predicted molar refractivity (Wildman–Crippen MR) is 68.2 cm³/mol. The molecular formula is C11H14Cl2N2O. The van der Waals surface area contributed by atoms with Crippen LogP contribution in [0.4, 0.5) is 5.69 Å². The summed E-state index contributed by atoms with van der Waals surface area (Å²) < 4.78 is 0. The molecule has 0 aliphatic heterocycles. The monoisotopic (exact) mass is 260 g/mol. The zero-order valence-electron chi connectivity index (χ0n) is 9.18. The van der Waals surface area contributed by atoms with Crippen LogP contribution in [0.5, 0.6) is 0 Å². The zero-order chi connectivity index (χ0) is 12.1. The Hall–Kier alpha value is -0.770. The molecular weight excluding hydrogens is 247 g/mol. The molecule has 3 nitrogen and oxygen atoms in total. The van der Waals surface area contributed by atoms with Gasteiger partial charge >= 0.3 is 0 Å². The highest BCUT2D eigenvalue weighted by Gasteiger charge is 2.13. The summed E-state index contributed by atoms with van der Waals surface area (Å²) >= 11 is 11.8. The number of amides is 1. The summed E-state index contributed by atoms with van der Waals surface area (Å²) in [6.07, 6.45) is 0. The van der Waals surface area contributed by atoms with Crippen molar-refractivity contribution in [3.8, 4) is 0 Å². The number of carbonyl (C=O) groups excluding carboxylic acids is 1. The van der Waals surface area contributed by atoms with E-state index >= 15 is 0 Å². The van der Waals surface area contributed by atoms with Crippen LogP contribution >= 0.6 is 23.2 Å². The summed E-state index contributed by atoms with van der Waals surface area (Å²) in [6, 6.07) is 4.96. The van der Waals surface area contributed by atoms with Gasteiger partial charge in [-0.2, -0.15) is 0 Å². The molecule has 0 spiro atoms. The second-order valence-corrected chi connectivity index (χ2v) is 4.42. The van der Waals surface area contributed by atoms with Gasteiger partial charge in [0.2, 0.25) is 5.91 Å². The standard InChI is InChI=1S/C11H14Cl2N2O/c1-7(6-14-2)11(16)15-10-5-8(12)3-4-9(10)13/h3-5,7,14H,6H2,1-2H3,(H,15,16). The minimum atomic E-state index is -0.125. The first-order chi connectivity index (χ1) is 7.54. The van der Waals surface area contributed by atoms with Gasteiger partial charge in [0, 0.05) is 17.5 Å². The Morgan fingerprint density at radius 3 is 2.75 bits per heavy atom. The van der Waals surface area contributed by atoms with E-state index < -0.39 is 0 Å². The Morgan fingerprint density at radius 1 is 1.44 bits per heavy atom. The van der Waals surface area contributed by atoms with Crippen molar-refractivity contribution in [2.45, 2.75) is 6.92 Å². The van der Waals surface area contributed by atoms with Gasteiger partial charge in [0.1, 0.15) is 0 Å². The first-order valence-corrected chi connectivity index (χ1v) is 5.70. The summed E-state index contributed by atoms with van der Waals surface area (Å²) in [5, 5.41) is 6.70. The van der Waals surface area contributed by atoms with Gasteiger partial charge < -0.3 is 10.6 Å². The first kappa shape index (κ1) is 13.3. The highest BCUT2D eigenvalue weighted by molar-refractivity contribution is 6.35. The van der Waals surface area contributed by atoms with Crippen LogP contribution in [-0.2, 0) is 4.79 Å². The number of benzene rings is 1. The third-order valence-electron chi connectivity index (χ3n) is 2.14. The average molecular weight is 261 g/mol. The summed E-state index contributed by atoms with van der Waals surface area (Å²) in [4.78, 5) is 11.7. The molecule has 1 aromatic carbocycles. The maximum Gasteiger partial charge on any atom is 0.228 e. The minimum absolute atomic E-state index is 0.0847. The fraction of sp³-hybridized carbons (Fsp3) is 0.364. The van der Waals surface area contributed by atoms with E-state index in [1.807, 2.05) is 6.92 Å². The minimum Gasteiger partial charge on any atom is -0.324 e. The Bertz CT molecular complexity index is 382. The Labute approximate surface area is 105 Å². The molecule has 0 saturated carbocycles. The van der Waals surface area contributed by atoms with Crippen molar-refractivity contribution < 1.29 is 4.79 Å². The van der Waals surface area contributed by atoms with Gasteiger partial charge in [0.05, 0.1) is 10.7 Å². The molecule has 0 aliphatic rings. The molecule has 1 amide bonds. The van der Waals surface area contributed by atoms with E-state index in [2.05, 4.69) is 10.6 Å². The molecule has 16 heavy (non-hydrogen) atoms. The Balaban J connectivity index is 2.72. The van der Waals surface area contributed by atoms with Crippen LogP contribution in [0.15, 0.2) is 18.2 Å². The first-order valence-electron chi connectivity index (χ1n) is 4.95. The molecule has 5 heteroatoms. The lowest BCUT2D eigenvalue weighted by Gasteiger charge is -2.12.